The van der Waals surface area contributed by atoms with Crippen molar-refractivity contribution in [1.29, 1.82) is 0 Å². The van der Waals surface area contributed by atoms with Crippen LogP contribution in [0.5, 0.6) is 0 Å². The van der Waals surface area contributed by atoms with E-state index in [9.17, 15) is 4.79 Å². The van der Waals surface area contributed by atoms with Crippen LogP contribution in [-0.2, 0) is 25.9 Å². The zero-order chi connectivity index (χ0) is 17.9. The molecule has 4 heterocycles. The van der Waals surface area contributed by atoms with Crippen LogP contribution in [0.4, 0.5) is 0 Å². The maximum atomic E-state index is 12.8. The molecule has 0 radical (unpaired) electrons. The highest BCUT2D eigenvalue weighted by Crippen LogP contribution is 2.13. The number of amides is 1. The third kappa shape index (κ3) is 3.22. The predicted molar refractivity (Wildman–Crippen MR) is 94.6 cm³/mol. The van der Waals surface area contributed by atoms with Gasteiger partial charge in [0.05, 0.1) is 5.56 Å². The maximum absolute atomic E-state index is 12.8. The summed E-state index contributed by atoms with van der Waals surface area (Å²) in [5.74, 6) is 1.81. The van der Waals surface area contributed by atoms with E-state index >= 15 is 0 Å². The van der Waals surface area contributed by atoms with Gasteiger partial charge in [-0.05, 0) is 24.6 Å². The molecule has 1 amide bonds. The second-order valence-electron chi connectivity index (χ2n) is 6.32. The third-order valence-electron chi connectivity index (χ3n) is 4.69. The minimum Gasteiger partial charge on any atom is -0.336 e. The second-order valence-corrected chi connectivity index (χ2v) is 6.32. The first-order valence-corrected chi connectivity index (χ1v) is 8.87. The summed E-state index contributed by atoms with van der Waals surface area (Å²) in [6.07, 6.45) is 6.89. The van der Waals surface area contributed by atoms with E-state index in [1.807, 2.05) is 34.0 Å². The zero-order valence-corrected chi connectivity index (χ0v) is 14.7. The summed E-state index contributed by atoms with van der Waals surface area (Å²) in [6, 6.07) is 5.67. The fourth-order valence-electron chi connectivity index (χ4n) is 3.18. The van der Waals surface area contributed by atoms with Gasteiger partial charge < -0.3 is 9.47 Å². The van der Waals surface area contributed by atoms with Crippen molar-refractivity contribution >= 4 is 5.91 Å². The Kier molecular flexibility index (Phi) is 4.47. The molecule has 4 rings (SSSR count). The molecule has 0 atom stereocenters. The molecule has 1 aliphatic rings. The van der Waals surface area contributed by atoms with Gasteiger partial charge in [0.15, 0.2) is 5.82 Å². The molecule has 1 aliphatic heterocycles. The minimum atomic E-state index is 0.0208. The molecular formula is C18H21N7O. The van der Waals surface area contributed by atoms with Gasteiger partial charge in [-0.15, -0.1) is 10.2 Å². The topological polar surface area (TPSA) is 81.7 Å². The van der Waals surface area contributed by atoms with Gasteiger partial charge in [-0.25, -0.2) is 0 Å². The summed E-state index contributed by atoms with van der Waals surface area (Å²) >= 11 is 0. The van der Waals surface area contributed by atoms with E-state index in [1.54, 1.807) is 12.4 Å². The Morgan fingerprint density at radius 1 is 1.19 bits per heavy atom. The third-order valence-corrected chi connectivity index (χ3v) is 4.69. The lowest BCUT2D eigenvalue weighted by Crippen LogP contribution is -2.34. The van der Waals surface area contributed by atoms with Crippen LogP contribution >= 0.6 is 0 Å². The smallest absolute Gasteiger partial charge is 0.255 e. The fraction of sp³-hybridized carbons (Fsp3) is 0.389. The molecule has 8 heteroatoms. The molecular weight excluding hydrogens is 330 g/mol. The van der Waals surface area contributed by atoms with Gasteiger partial charge in [-0.1, -0.05) is 6.92 Å². The van der Waals surface area contributed by atoms with E-state index in [0.29, 0.717) is 38.2 Å². The van der Waals surface area contributed by atoms with Gasteiger partial charge in [0.25, 0.3) is 5.91 Å². The average Bonchev–Trinajstić information content (AvgIpc) is 3.27. The molecule has 0 aromatic carbocycles. The molecule has 0 saturated heterocycles. The van der Waals surface area contributed by atoms with Crippen molar-refractivity contribution in [3.05, 3.63) is 59.7 Å². The molecule has 0 unspecified atom stereocenters. The first-order valence-electron chi connectivity index (χ1n) is 8.87. The summed E-state index contributed by atoms with van der Waals surface area (Å²) < 4.78 is 3.93. The van der Waals surface area contributed by atoms with Crippen molar-refractivity contribution < 1.29 is 4.79 Å². The number of aromatic nitrogens is 6. The van der Waals surface area contributed by atoms with E-state index in [-0.39, 0.29) is 5.91 Å². The van der Waals surface area contributed by atoms with Gasteiger partial charge in [0.2, 0.25) is 0 Å². The quantitative estimate of drug-likeness (QED) is 0.705. The highest BCUT2D eigenvalue weighted by Gasteiger charge is 2.23. The first kappa shape index (κ1) is 16.4. The molecule has 0 spiro atoms. The number of pyridine rings is 1. The zero-order valence-electron chi connectivity index (χ0n) is 14.7. The Labute approximate surface area is 151 Å². The minimum absolute atomic E-state index is 0.0208. The molecule has 0 saturated carbocycles. The monoisotopic (exact) mass is 351 g/mol. The van der Waals surface area contributed by atoms with Crippen LogP contribution in [0.15, 0.2) is 36.8 Å². The Morgan fingerprint density at radius 3 is 2.85 bits per heavy atom. The molecule has 3 aromatic rings. The number of fused-ring (bicyclic) bond motifs is 1. The number of nitrogens with zero attached hydrogens (tertiary/aromatic N) is 7. The van der Waals surface area contributed by atoms with E-state index in [2.05, 4.69) is 31.8 Å². The van der Waals surface area contributed by atoms with Gasteiger partial charge in [-0.2, -0.15) is 5.10 Å². The molecule has 0 fully saturated rings. The summed E-state index contributed by atoms with van der Waals surface area (Å²) in [7, 11) is 0. The normalized spacial score (nSPS) is 14.1. The molecule has 0 bridgehead atoms. The van der Waals surface area contributed by atoms with Crippen molar-refractivity contribution in [2.24, 2.45) is 0 Å². The number of aryl methyl sites for hydroxylation is 1. The van der Waals surface area contributed by atoms with Gasteiger partial charge in [0, 0.05) is 50.3 Å². The molecule has 134 valence electrons. The van der Waals surface area contributed by atoms with Crippen LogP contribution in [-0.4, -0.2) is 53.4 Å². The van der Waals surface area contributed by atoms with E-state index < -0.39 is 0 Å². The van der Waals surface area contributed by atoms with E-state index in [4.69, 9.17) is 0 Å². The molecule has 0 N–H and O–H groups in total. The SMILES string of the molecule is CCc1ccc(C(=O)N2CCc3nnc(Cn4cccn4)n3CC2)cn1. The lowest BCUT2D eigenvalue weighted by Gasteiger charge is -2.20. The lowest BCUT2D eigenvalue weighted by molar-refractivity contribution is 0.0758. The van der Waals surface area contributed by atoms with E-state index in [0.717, 1.165) is 23.8 Å². The molecule has 26 heavy (non-hydrogen) atoms. The average molecular weight is 351 g/mol. The van der Waals surface area contributed by atoms with Crippen LogP contribution in [0.1, 0.15) is 34.6 Å². The van der Waals surface area contributed by atoms with Crippen molar-refractivity contribution in [2.75, 3.05) is 13.1 Å². The second kappa shape index (κ2) is 7.07. The van der Waals surface area contributed by atoms with Crippen LogP contribution in [0, 0.1) is 0 Å². The molecule has 8 nitrogen and oxygen atoms in total. The van der Waals surface area contributed by atoms with Crippen molar-refractivity contribution in [2.45, 2.75) is 32.9 Å². The van der Waals surface area contributed by atoms with E-state index in [1.165, 1.54) is 0 Å². The van der Waals surface area contributed by atoms with Crippen LogP contribution in [0.3, 0.4) is 0 Å². The maximum Gasteiger partial charge on any atom is 0.255 e. The van der Waals surface area contributed by atoms with Gasteiger partial charge in [0.1, 0.15) is 12.4 Å². The number of carbonyl (C=O) groups excluding carboxylic acids is 1. The van der Waals surface area contributed by atoms with Gasteiger partial charge in [-0.3, -0.25) is 14.5 Å². The Bertz CT molecular complexity index is 883. The fourth-order valence-corrected chi connectivity index (χ4v) is 3.18. The van der Waals surface area contributed by atoms with Gasteiger partial charge >= 0.3 is 0 Å². The standard InChI is InChI=1S/C18H21N7O/c1-2-15-5-4-14(12-19-15)18(26)23-9-6-16-21-22-17(25(16)11-10-23)13-24-8-3-7-20-24/h3-5,7-8,12H,2,6,9-11,13H2,1H3. The Hall–Kier alpha value is -3.03. The Balaban J connectivity index is 1.47. The van der Waals surface area contributed by atoms with Crippen LogP contribution in [0.25, 0.3) is 0 Å². The number of rotatable bonds is 4. The summed E-state index contributed by atoms with van der Waals surface area (Å²) in [4.78, 5) is 19.0. The highest BCUT2D eigenvalue weighted by molar-refractivity contribution is 5.93. The lowest BCUT2D eigenvalue weighted by atomic mass is 10.2. The first-order chi connectivity index (χ1) is 12.7. The molecule has 0 aliphatic carbocycles. The largest absolute Gasteiger partial charge is 0.336 e. The van der Waals surface area contributed by atoms with Crippen molar-refractivity contribution in [3.8, 4) is 0 Å². The number of carbonyl (C=O) groups is 1. The summed E-state index contributed by atoms with van der Waals surface area (Å²) in [5, 5.41) is 12.8. The van der Waals surface area contributed by atoms with Crippen molar-refractivity contribution in [3.63, 3.8) is 0 Å². The number of hydrogen-bond donors (Lipinski definition) is 0. The van der Waals surface area contributed by atoms with Crippen LogP contribution < -0.4 is 0 Å². The Morgan fingerprint density at radius 2 is 2.12 bits per heavy atom. The number of hydrogen-bond acceptors (Lipinski definition) is 5. The van der Waals surface area contributed by atoms with Crippen LogP contribution in [0.2, 0.25) is 0 Å². The summed E-state index contributed by atoms with van der Waals surface area (Å²) in [5.41, 5.74) is 1.63. The summed E-state index contributed by atoms with van der Waals surface area (Å²) in [6.45, 7) is 4.58. The molecule has 3 aromatic heterocycles. The predicted octanol–water partition coefficient (Wildman–Crippen LogP) is 1.18. The van der Waals surface area contributed by atoms with Crippen molar-refractivity contribution in [1.82, 2.24) is 34.4 Å². The highest BCUT2D eigenvalue weighted by atomic mass is 16.2.